The highest BCUT2D eigenvalue weighted by atomic mass is 33.1. The summed E-state index contributed by atoms with van der Waals surface area (Å²) in [5, 5.41) is 0. The Balaban J connectivity index is 2.22. The van der Waals surface area contributed by atoms with E-state index in [9.17, 15) is 19.2 Å². The molecule has 0 aromatic carbocycles. The number of carbonyl (C=O) groups is 4. The molecule has 0 saturated carbocycles. The number of nitrogens with zero attached hydrogens (tertiary/aromatic N) is 2. The molecule has 12 heteroatoms. The summed E-state index contributed by atoms with van der Waals surface area (Å²) in [6.45, 7) is 8.49. The smallest absolute Gasteiger partial charge is 0.308 e. The molecule has 0 saturated heterocycles. The Bertz CT molecular complexity index is 1060. The van der Waals surface area contributed by atoms with E-state index in [1.165, 1.54) is 49.3 Å². The minimum Gasteiger partial charge on any atom is -0.461 e. The van der Waals surface area contributed by atoms with Crippen molar-refractivity contribution in [2.24, 2.45) is 0 Å². The quantitative estimate of drug-likeness (QED) is 0.232. The Hall–Kier alpha value is -3.12. The first kappa shape index (κ1) is 29.1. The second kappa shape index (κ2) is 13.8. The van der Waals surface area contributed by atoms with E-state index in [1.807, 2.05) is 0 Å². The van der Waals surface area contributed by atoms with Crippen molar-refractivity contribution in [1.29, 1.82) is 0 Å². The molecule has 194 valence electrons. The largest absolute Gasteiger partial charge is 0.461 e. The molecule has 0 aliphatic heterocycles. The summed E-state index contributed by atoms with van der Waals surface area (Å²) in [6.07, 6.45) is 3.32. The molecular weight excluding hydrogens is 508 g/mol. The van der Waals surface area contributed by atoms with E-state index in [2.05, 4.69) is 9.97 Å². The summed E-state index contributed by atoms with van der Waals surface area (Å²) < 4.78 is 21.0. The summed E-state index contributed by atoms with van der Waals surface area (Å²) in [5.41, 5.74) is 3.66. The fourth-order valence-corrected chi connectivity index (χ4v) is 5.21. The maximum absolute atomic E-state index is 11.6. The Morgan fingerprint density at radius 2 is 1.03 bits per heavy atom. The third kappa shape index (κ3) is 8.83. The molecule has 0 unspecified atom stereocenters. The van der Waals surface area contributed by atoms with Crippen LogP contribution >= 0.6 is 21.6 Å². The van der Waals surface area contributed by atoms with Crippen LogP contribution in [-0.2, 0) is 53.4 Å². The lowest BCUT2D eigenvalue weighted by Crippen LogP contribution is -2.11. The molecule has 0 bridgehead atoms. The zero-order chi connectivity index (χ0) is 26.8. The molecule has 36 heavy (non-hydrogen) atoms. The first-order valence-corrected chi connectivity index (χ1v) is 13.3. The van der Waals surface area contributed by atoms with Crippen LogP contribution in [-0.4, -0.2) is 33.8 Å². The Kier molecular flexibility index (Phi) is 11.2. The van der Waals surface area contributed by atoms with Gasteiger partial charge in [-0.15, -0.1) is 0 Å². The van der Waals surface area contributed by atoms with Gasteiger partial charge < -0.3 is 18.9 Å². The normalized spacial score (nSPS) is 10.5. The summed E-state index contributed by atoms with van der Waals surface area (Å²) in [6, 6.07) is 0. The van der Waals surface area contributed by atoms with Crippen molar-refractivity contribution in [1.82, 2.24) is 9.97 Å². The number of aryl methyl sites for hydroxylation is 2. The lowest BCUT2D eigenvalue weighted by Gasteiger charge is -2.16. The zero-order valence-corrected chi connectivity index (χ0v) is 22.6. The summed E-state index contributed by atoms with van der Waals surface area (Å²) in [4.78, 5) is 54.6. The van der Waals surface area contributed by atoms with E-state index in [0.29, 0.717) is 34.0 Å². The first-order valence-electron chi connectivity index (χ1n) is 10.8. The number of hydrogen-bond donors (Lipinski definition) is 0. The van der Waals surface area contributed by atoms with E-state index in [-0.39, 0.29) is 24.7 Å². The molecular formula is C24H28N2O8S2. The highest BCUT2D eigenvalue weighted by molar-refractivity contribution is 8.76. The molecule has 2 heterocycles. The van der Waals surface area contributed by atoms with Crippen molar-refractivity contribution in [2.75, 3.05) is 0 Å². The third-order valence-electron chi connectivity index (χ3n) is 4.65. The van der Waals surface area contributed by atoms with Gasteiger partial charge in [-0.1, -0.05) is 21.6 Å². The van der Waals surface area contributed by atoms with E-state index in [0.717, 1.165) is 11.1 Å². The molecule has 0 fully saturated rings. The predicted molar refractivity (Wildman–Crippen MR) is 134 cm³/mol. The third-order valence-corrected chi connectivity index (χ3v) is 6.88. The highest BCUT2D eigenvalue weighted by Gasteiger charge is 2.19. The van der Waals surface area contributed by atoms with Crippen LogP contribution in [0.5, 0.6) is 11.5 Å². The van der Waals surface area contributed by atoms with Crippen LogP contribution in [0.25, 0.3) is 0 Å². The molecule has 0 atom stereocenters. The van der Waals surface area contributed by atoms with Crippen molar-refractivity contribution in [3.05, 3.63) is 46.0 Å². The Labute approximate surface area is 217 Å². The number of rotatable bonds is 11. The van der Waals surface area contributed by atoms with Gasteiger partial charge in [0.15, 0.2) is 11.5 Å². The number of pyridine rings is 2. The topological polar surface area (TPSA) is 131 Å². The second-order valence-electron chi connectivity index (χ2n) is 7.63. The van der Waals surface area contributed by atoms with Gasteiger partial charge in [0.25, 0.3) is 0 Å². The number of hydrogen-bond acceptors (Lipinski definition) is 12. The van der Waals surface area contributed by atoms with Gasteiger partial charge in [0.05, 0.1) is 11.4 Å². The molecule has 2 rings (SSSR count). The van der Waals surface area contributed by atoms with Gasteiger partial charge in [0, 0.05) is 62.7 Å². The summed E-state index contributed by atoms with van der Waals surface area (Å²) in [7, 11) is 2.99. The Morgan fingerprint density at radius 1 is 0.667 bits per heavy atom. The van der Waals surface area contributed by atoms with E-state index >= 15 is 0 Å². The number of ether oxygens (including phenoxy) is 4. The summed E-state index contributed by atoms with van der Waals surface area (Å²) >= 11 is 0. The molecule has 0 aliphatic carbocycles. The maximum Gasteiger partial charge on any atom is 0.308 e. The number of aromatic nitrogens is 2. The summed E-state index contributed by atoms with van der Waals surface area (Å²) in [5.74, 6) is -0.411. The van der Waals surface area contributed by atoms with Crippen LogP contribution in [0.1, 0.15) is 61.3 Å². The Morgan fingerprint density at radius 3 is 1.33 bits per heavy atom. The monoisotopic (exact) mass is 536 g/mol. The molecule has 2 aromatic rings. The van der Waals surface area contributed by atoms with E-state index < -0.39 is 23.9 Å². The van der Waals surface area contributed by atoms with Crippen LogP contribution in [0.15, 0.2) is 12.4 Å². The van der Waals surface area contributed by atoms with Crippen molar-refractivity contribution in [3.63, 3.8) is 0 Å². The van der Waals surface area contributed by atoms with Gasteiger partial charge in [-0.2, -0.15) is 0 Å². The van der Waals surface area contributed by atoms with Gasteiger partial charge in [0.1, 0.15) is 13.2 Å². The van der Waals surface area contributed by atoms with E-state index in [4.69, 9.17) is 18.9 Å². The maximum atomic E-state index is 11.6. The fourth-order valence-electron chi connectivity index (χ4n) is 3.03. The molecule has 0 N–H and O–H groups in total. The van der Waals surface area contributed by atoms with Crippen LogP contribution in [0.3, 0.4) is 0 Å². The van der Waals surface area contributed by atoms with Crippen LogP contribution < -0.4 is 9.47 Å². The molecule has 2 aromatic heterocycles. The van der Waals surface area contributed by atoms with Crippen LogP contribution in [0, 0.1) is 13.8 Å². The molecule has 0 radical (unpaired) electrons. The van der Waals surface area contributed by atoms with Gasteiger partial charge >= 0.3 is 23.9 Å². The van der Waals surface area contributed by atoms with Crippen molar-refractivity contribution in [2.45, 2.75) is 66.3 Å². The highest BCUT2D eigenvalue weighted by Crippen LogP contribution is 2.36. The van der Waals surface area contributed by atoms with Crippen molar-refractivity contribution < 1.29 is 38.1 Å². The number of esters is 4. The molecule has 0 aliphatic rings. The molecule has 10 nitrogen and oxygen atoms in total. The minimum absolute atomic E-state index is 0.0535. The molecule has 0 spiro atoms. The van der Waals surface area contributed by atoms with Crippen LogP contribution in [0.2, 0.25) is 0 Å². The zero-order valence-electron chi connectivity index (χ0n) is 21.0. The van der Waals surface area contributed by atoms with Crippen molar-refractivity contribution in [3.8, 4) is 11.5 Å². The lowest BCUT2D eigenvalue weighted by molar-refractivity contribution is -0.143. The predicted octanol–water partition coefficient (Wildman–Crippen LogP) is 4.15. The second-order valence-corrected chi connectivity index (χ2v) is 10.1. The first-order chi connectivity index (χ1) is 17.0. The van der Waals surface area contributed by atoms with Crippen LogP contribution in [0.4, 0.5) is 0 Å². The van der Waals surface area contributed by atoms with Crippen molar-refractivity contribution >= 4 is 45.5 Å². The SMILES string of the molecule is CC(=O)OCc1c(CSSCc2cnc(C)c(OC(C)=O)c2COC(C)=O)cnc(C)c1OC(C)=O. The average Bonchev–Trinajstić information content (AvgIpc) is 2.78. The minimum atomic E-state index is -0.501. The van der Waals surface area contributed by atoms with E-state index in [1.54, 1.807) is 26.2 Å². The lowest BCUT2D eigenvalue weighted by atomic mass is 10.1. The van der Waals surface area contributed by atoms with Gasteiger partial charge in [-0.3, -0.25) is 29.1 Å². The van der Waals surface area contributed by atoms with Gasteiger partial charge in [-0.25, -0.2) is 0 Å². The van der Waals surface area contributed by atoms with Gasteiger partial charge in [0.2, 0.25) is 0 Å². The fraction of sp³-hybridized carbons (Fsp3) is 0.417. The standard InChI is InChI=1S/C24H28N2O8S2/c1-13-23(33-17(5)29)21(9-31-15(3)27)19(7-25-13)11-35-36-12-20-8-26-14(2)24(34-18(6)30)22(20)10-32-16(4)28/h7-8H,9-12H2,1-6H3. The average molecular weight is 537 g/mol. The number of carbonyl (C=O) groups excluding carboxylic acids is 4. The van der Waals surface area contributed by atoms with Gasteiger partial charge in [-0.05, 0) is 25.0 Å². The molecule has 0 amide bonds.